The largest absolute Gasteiger partial charge is 0.490 e. The van der Waals surface area contributed by atoms with Crippen molar-refractivity contribution in [2.45, 2.75) is 27.2 Å². The Bertz CT molecular complexity index is 862. The second-order valence-electron chi connectivity index (χ2n) is 6.25. The van der Waals surface area contributed by atoms with Crippen molar-refractivity contribution >= 4 is 23.6 Å². The molecule has 0 saturated carbocycles. The first-order valence-electron chi connectivity index (χ1n) is 9.84. The number of carbonyl (C=O) groups is 2. The standard InChI is InChI=1S/C23H28N2O4/c1-4-14-29-20-12-10-17(15-21(20)28-6-3)11-13-22(26)25-19-9-7-8-18(16-19)23(27)24-5-2/h7-13,15-16H,4-6,14H2,1-3H3,(H,24,27)(H,25,26)/b13-11+. The van der Waals surface area contributed by atoms with Crippen molar-refractivity contribution in [2.24, 2.45) is 0 Å². The fraction of sp³-hybridized carbons (Fsp3) is 0.304. The molecule has 29 heavy (non-hydrogen) atoms. The lowest BCUT2D eigenvalue weighted by Crippen LogP contribution is -2.22. The summed E-state index contributed by atoms with van der Waals surface area (Å²) in [5.41, 5.74) is 1.88. The summed E-state index contributed by atoms with van der Waals surface area (Å²) >= 11 is 0. The number of amides is 2. The van der Waals surface area contributed by atoms with Gasteiger partial charge in [-0.05, 0) is 62.2 Å². The molecule has 0 fully saturated rings. The van der Waals surface area contributed by atoms with Crippen LogP contribution in [0, 0.1) is 0 Å². The average Bonchev–Trinajstić information content (AvgIpc) is 2.72. The van der Waals surface area contributed by atoms with Crippen LogP contribution in [0.2, 0.25) is 0 Å². The van der Waals surface area contributed by atoms with E-state index in [-0.39, 0.29) is 11.8 Å². The molecular formula is C23H28N2O4. The lowest BCUT2D eigenvalue weighted by molar-refractivity contribution is -0.111. The van der Waals surface area contributed by atoms with Gasteiger partial charge in [-0.3, -0.25) is 9.59 Å². The molecule has 0 unspecified atom stereocenters. The van der Waals surface area contributed by atoms with Crippen molar-refractivity contribution in [2.75, 3.05) is 25.1 Å². The molecule has 0 radical (unpaired) electrons. The fourth-order valence-electron chi connectivity index (χ4n) is 2.58. The van der Waals surface area contributed by atoms with Crippen molar-refractivity contribution in [1.29, 1.82) is 0 Å². The summed E-state index contributed by atoms with van der Waals surface area (Å²) in [6, 6.07) is 12.4. The Balaban J connectivity index is 2.06. The second kappa shape index (κ2) is 11.5. The zero-order valence-corrected chi connectivity index (χ0v) is 17.2. The molecule has 0 atom stereocenters. The van der Waals surface area contributed by atoms with E-state index in [0.717, 1.165) is 12.0 Å². The van der Waals surface area contributed by atoms with E-state index in [0.29, 0.717) is 42.5 Å². The van der Waals surface area contributed by atoms with Crippen LogP contribution in [-0.2, 0) is 4.79 Å². The maximum absolute atomic E-state index is 12.3. The van der Waals surface area contributed by atoms with Gasteiger partial charge in [0, 0.05) is 23.9 Å². The first-order chi connectivity index (χ1) is 14.1. The van der Waals surface area contributed by atoms with Crippen molar-refractivity contribution in [3.8, 4) is 11.5 Å². The van der Waals surface area contributed by atoms with Crippen molar-refractivity contribution in [3.05, 3.63) is 59.7 Å². The Morgan fingerprint density at radius 1 is 1.00 bits per heavy atom. The van der Waals surface area contributed by atoms with Gasteiger partial charge in [-0.25, -0.2) is 0 Å². The summed E-state index contributed by atoms with van der Waals surface area (Å²) in [5, 5.41) is 5.50. The first-order valence-corrected chi connectivity index (χ1v) is 9.84. The minimum atomic E-state index is -0.290. The van der Waals surface area contributed by atoms with Gasteiger partial charge in [0.1, 0.15) is 0 Å². The molecule has 0 spiro atoms. The SMILES string of the molecule is CCCOc1ccc(/C=C/C(=O)Nc2cccc(C(=O)NCC)c2)cc1OCC. The van der Waals surface area contributed by atoms with Crippen LogP contribution in [0.25, 0.3) is 6.08 Å². The molecule has 2 rings (SSSR count). The van der Waals surface area contributed by atoms with Crippen LogP contribution in [0.5, 0.6) is 11.5 Å². The third kappa shape index (κ3) is 6.99. The van der Waals surface area contributed by atoms with Gasteiger partial charge in [-0.2, -0.15) is 0 Å². The van der Waals surface area contributed by atoms with E-state index in [2.05, 4.69) is 10.6 Å². The van der Waals surface area contributed by atoms with Crippen molar-refractivity contribution in [1.82, 2.24) is 5.32 Å². The Labute approximate surface area is 171 Å². The molecule has 0 bridgehead atoms. The van der Waals surface area contributed by atoms with Gasteiger partial charge in [0.2, 0.25) is 5.91 Å². The summed E-state index contributed by atoms with van der Waals surface area (Å²) < 4.78 is 11.3. The average molecular weight is 396 g/mol. The van der Waals surface area contributed by atoms with Crippen LogP contribution in [0.3, 0.4) is 0 Å². The van der Waals surface area contributed by atoms with Crippen LogP contribution >= 0.6 is 0 Å². The molecule has 2 aromatic carbocycles. The monoisotopic (exact) mass is 396 g/mol. The quantitative estimate of drug-likeness (QED) is 0.588. The van der Waals surface area contributed by atoms with Crippen LogP contribution in [-0.4, -0.2) is 31.6 Å². The van der Waals surface area contributed by atoms with Gasteiger partial charge in [0.15, 0.2) is 11.5 Å². The number of nitrogens with one attached hydrogen (secondary N) is 2. The van der Waals surface area contributed by atoms with Crippen molar-refractivity contribution < 1.29 is 19.1 Å². The van der Waals surface area contributed by atoms with Gasteiger partial charge in [-0.15, -0.1) is 0 Å². The molecule has 0 aliphatic carbocycles. The van der Waals surface area contributed by atoms with E-state index in [1.165, 1.54) is 6.08 Å². The van der Waals surface area contributed by atoms with E-state index in [1.807, 2.05) is 39.0 Å². The molecule has 6 heteroatoms. The van der Waals surface area contributed by atoms with Gasteiger partial charge >= 0.3 is 0 Å². The summed E-state index contributed by atoms with van der Waals surface area (Å²) in [6.07, 6.45) is 4.06. The summed E-state index contributed by atoms with van der Waals surface area (Å²) in [4.78, 5) is 24.2. The third-order valence-corrected chi connectivity index (χ3v) is 3.89. The first kappa shape index (κ1) is 22.0. The molecule has 2 aromatic rings. The molecule has 154 valence electrons. The Morgan fingerprint density at radius 2 is 1.83 bits per heavy atom. The van der Waals surface area contributed by atoms with Gasteiger partial charge < -0.3 is 20.1 Å². The maximum atomic E-state index is 12.3. The van der Waals surface area contributed by atoms with Crippen LogP contribution in [0.1, 0.15) is 43.1 Å². The second-order valence-corrected chi connectivity index (χ2v) is 6.25. The minimum Gasteiger partial charge on any atom is -0.490 e. The maximum Gasteiger partial charge on any atom is 0.251 e. The number of rotatable bonds is 10. The minimum absolute atomic E-state index is 0.173. The summed E-state index contributed by atoms with van der Waals surface area (Å²) in [5.74, 6) is 0.880. The van der Waals surface area contributed by atoms with Gasteiger partial charge in [0.25, 0.3) is 5.91 Å². The zero-order chi connectivity index (χ0) is 21.1. The highest BCUT2D eigenvalue weighted by Gasteiger charge is 2.07. The number of carbonyl (C=O) groups excluding carboxylic acids is 2. The van der Waals surface area contributed by atoms with E-state index in [9.17, 15) is 9.59 Å². The molecule has 0 heterocycles. The molecule has 6 nitrogen and oxygen atoms in total. The van der Waals surface area contributed by atoms with Crippen LogP contribution in [0.15, 0.2) is 48.5 Å². The highest BCUT2D eigenvalue weighted by atomic mass is 16.5. The number of benzene rings is 2. The predicted molar refractivity (Wildman–Crippen MR) is 116 cm³/mol. The molecule has 0 aliphatic heterocycles. The van der Waals surface area contributed by atoms with E-state index in [4.69, 9.17) is 9.47 Å². The summed E-state index contributed by atoms with van der Waals surface area (Å²) in [6.45, 7) is 7.50. The molecule has 0 saturated heterocycles. The highest BCUT2D eigenvalue weighted by Crippen LogP contribution is 2.29. The lowest BCUT2D eigenvalue weighted by Gasteiger charge is -2.12. The number of ether oxygens (including phenoxy) is 2. The highest BCUT2D eigenvalue weighted by molar-refractivity contribution is 6.03. The molecule has 2 amide bonds. The third-order valence-electron chi connectivity index (χ3n) is 3.89. The Morgan fingerprint density at radius 3 is 2.55 bits per heavy atom. The number of hydrogen-bond donors (Lipinski definition) is 2. The predicted octanol–water partition coefficient (Wildman–Crippen LogP) is 4.28. The van der Waals surface area contributed by atoms with Gasteiger partial charge in [0.05, 0.1) is 13.2 Å². The van der Waals surface area contributed by atoms with Gasteiger partial charge in [-0.1, -0.05) is 19.1 Å². The molecular weight excluding hydrogens is 368 g/mol. The smallest absolute Gasteiger partial charge is 0.251 e. The number of hydrogen-bond acceptors (Lipinski definition) is 4. The molecule has 2 N–H and O–H groups in total. The van der Waals surface area contributed by atoms with E-state index in [1.54, 1.807) is 30.3 Å². The van der Waals surface area contributed by atoms with Crippen LogP contribution in [0.4, 0.5) is 5.69 Å². The van der Waals surface area contributed by atoms with Crippen molar-refractivity contribution in [3.63, 3.8) is 0 Å². The molecule has 0 aliphatic rings. The number of anilines is 1. The summed E-state index contributed by atoms with van der Waals surface area (Å²) in [7, 11) is 0. The normalized spacial score (nSPS) is 10.6. The van der Waals surface area contributed by atoms with E-state index < -0.39 is 0 Å². The lowest BCUT2D eigenvalue weighted by atomic mass is 10.1. The fourth-order valence-corrected chi connectivity index (χ4v) is 2.58. The Kier molecular flexibility index (Phi) is 8.76. The topological polar surface area (TPSA) is 76.7 Å². The molecule has 0 aromatic heterocycles. The Hall–Kier alpha value is -3.28. The zero-order valence-electron chi connectivity index (χ0n) is 17.2. The van der Waals surface area contributed by atoms with E-state index >= 15 is 0 Å². The van der Waals surface area contributed by atoms with Crippen LogP contribution < -0.4 is 20.1 Å².